The summed E-state index contributed by atoms with van der Waals surface area (Å²) < 4.78 is 40.0. The Hall–Kier alpha value is -2.09. The third-order valence-electron chi connectivity index (χ3n) is 4.37. The number of aryl methyl sites for hydroxylation is 1. The van der Waals surface area contributed by atoms with Crippen LogP contribution in [0.1, 0.15) is 23.3 Å². The maximum Gasteiger partial charge on any atom is 0.417 e. The van der Waals surface area contributed by atoms with Gasteiger partial charge in [-0.1, -0.05) is 18.2 Å². The van der Waals surface area contributed by atoms with Crippen LogP contribution in [-0.4, -0.2) is 50.6 Å². The molecular weight excluding hydrogens is 311 g/mol. The van der Waals surface area contributed by atoms with Gasteiger partial charge in [0.25, 0.3) is 5.91 Å². The molecule has 0 aliphatic carbocycles. The Morgan fingerprint density at radius 3 is 2.48 bits per heavy atom. The quantitative estimate of drug-likeness (QED) is 0.873. The van der Waals surface area contributed by atoms with Crippen molar-refractivity contribution >= 4 is 16.8 Å². The van der Waals surface area contributed by atoms with Crippen molar-refractivity contribution in [1.82, 2.24) is 14.7 Å². The fourth-order valence-corrected chi connectivity index (χ4v) is 2.88. The molecule has 2 aromatic rings. The molecule has 3 rings (SSSR count). The van der Waals surface area contributed by atoms with Gasteiger partial charge in [0.15, 0.2) is 11.3 Å². The van der Waals surface area contributed by atoms with Gasteiger partial charge < -0.3 is 10.0 Å². The number of rotatable bonds is 1. The number of likely N-dealkylation sites (tertiary alicyclic amines) is 1. The van der Waals surface area contributed by atoms with E-state index in [4.69, 9.17) is 0 Å². The molecule has 1 saturated heterocycles. The van der Waals surface area contributed by atoms with E-state index in [2.05, 4.69) is 5.10 Å². The molecule has 0 atom stereocenters. The number of piperidine rings is 1. The van der Waals surface area contributed by atoms with E-state index in [9.17, 15) is 23.1 Å². The second-order valence-electron chi connectivity index (χ2n) is 5.81. The number of aliphatic hydroxyl groups is 1. The molecule has 23 heavy (non-hydrogen) atoms. The molecule has 5 nitrogen and oxygen atoms in total. The SMILES string of the molecule is Cn1nc(C(=O)N2CCC(O)(C(F)(F)F)CC2)c2ccccc21. The molecule has 1 amide bonds. The molecule has 1 aliphatic rings. The largest absolute Gasteiger partial charge is 0.417 e. The summed E-state index contributed by atoms with van der Waals surface area (Å²) in [4.78, 5) is 13.9. The van der Waals surface area contributed by atoms with Gasteiger partial charge in [-0.15, -0.1) is 0 Å². The minimum atomic E-state index is -4.68. The number of carbonyl (C=O) groups excluding carboxylic acids is 1. The van der Waals surface area contributed by atoms with Crippen molar-refractivity contribution in [3.63, 3.8) is 0 Å². The second-order valence-corrected chi connectivity index (χ2v) is 5.81. The molecule has 0 unspecified atom stereocenters. The average Bonchev–Trinajstić information content (AvgIpc) is 2.84. The van der Waals surface area contributed by atoms with Crippen LogP contribution in [0.15, 0.2) is 24.3 Å². The van der Waals surface area contributed by atoms with E-state index in [1.54, 1.807) is 23.9 Å². The lowest BCUT2D eigenvalue weighted by Gasteiger charge is -2.38. The molecule has 1 fully saturated rings. The molecule has 8 heteroatoms. The molecule has 1 aromatic carbocycles. The highest BCUT2D eigenvalue weighted by atomic mass is 19.4. The number of carbonyl (C=O) groups is 1. The van der Waals surface area contributed by atoms with Gasteiger partial charge in [0, 0.05) is 38.4 Å². The highest BCUT2D eigenvalue weighted by molar-refractivity contribution is 6.04. The van der Waals surface area contributed by atoms with Crippen molar-refractivity contribution in [2.24, 2.45) is 7.05 Å². The summed E-state index contributed by atoms with van der Waals surface area (Å²) in [6.07, 6.45) is -5.72. The van der Waals surface area contributed by atoms with E-state index in [0.717, 1.165) is 5.52 Å². The van der Waals surface area contributed by atoms with Crippen LogP contribution in [0.2, 0.25) is 0 Å². The number of fused-ring (bicyclic) bond motifs is 1. The van der Waals surface area contributed by atoms with Crippen molar-refractivity contribution in [3.8, 4) is 0 Å². The monoisotopic (exact) mass is 327 g/mol. The van der Waals surface area contributed by atoms with E-state index in [1.165, 1.54) is 4.90 Å². The van der Waals surface area contributed by atoms with Crippen molar-refractivity contribution in [3.05, 3.63) is 30.0 Å². The van der Waals surface area contributed by atoms with E-state index < -0.39 is 30.5 Å². The number of nitrogens with zero attached hydrogens (tertiary/aromatic N) is 3. The smallest absolute Gasteiger partial charge is 0.380 e. The Bertz CT molecular complexity index is 746. The maximum atomic E-state index is 12.8. The van der Waals surface area contributed by atoms with E-state index >= 15 is 0 Å². The summed E-state index contributed by atoms with van der Waals surface area (Å²) in [5.41, 5.74) is -1.71. The van der Waals surface area contributed by atoms with Crippen LogP contribution in [-0.2, 0) is 7.05 Å². The van der Waals surface area contributed by atoms with Gasteiger partial charge >= 0.3 is 6.18 Å². The Labute approximate surface area is 130 Å². The van der Waals surface area contributed by atoms with Crippen molar-refractivity contribution < 1.29 is 23.1 Å². The van der Waals surface area contributed by atoms with Crippen LogP contribution in [0.25, 0.3) is 10.9 Å². The molecular formula is C15H16F3N3O2. The van der Waals surface area contributed by atoms with Crippen LogP contribution in [0.4, 0.5) is 13.2 Å². The lowest BCUT2D eigenvalue weighted by atomic mass is 9.90. The molecule has 0 saturated carbocycles. The third-order valence-corrected chi connectivity index (χ3v) is 4.37. The van der Waals surface area contributed by atoms with Crippen LogP contribution in [0.3, 0.4) is 0 Å². The summed E-state index contributed by atoms with van der Waals surface area (Å²) in [5, 5.41) is 14.5. The maximum absolute atomic E-state index is 12.8. The van der Waals surface area contributed by atoms with Gasteiger partial charge in [-0.3, -0.25) is 9.48 Å². The first-order valence-electron chi connectivity index (χ1n) is 7.23. The van der Waals surface area contributed by atoms with Gasteiger partial charge in [0.2, 0.25) is 0 Å². The zero-order valence-corrected chi connectivity index (χ0v) is 12.5. The fraction of sp³-hybridized carbons (Fsp3) is 0.467. The van der Waals surface area contributed by atoms with Crippen LogP contribution >= 0.6 is 0 Å². The van der Waals surface area contributed by atoms with Crippen LogP contribution in [0, 0.1) is 0 Å². The van der Waals surface area contributed by atoms with Crippen molar-refractivity contribution in [2.75, 3.05) is 13.1 Å². The minimum absolute atomic E-state index is 0.153. The van der Waals surface area contributed by atoms with Gasteiger partial charge in [0.1, 0.15) is 0 Å². The number of para-hydroxylation sites is 1. The molecule has 0 bridgehead atoms. The van der Waals surface area contributed by atoms with Gasteiger partial charge in [-0.05, 0) is 6.07 Å². The normalized spacial score (nSPS) is 18.4. The summed E-state index contributed by atoms with van der Waals surface area (Å²) in [6.45, 7) is -0.306. The first-order chi connectivity index (χ1) is 10.7. The highest BCUT2D eigenvalue weighted by Crippen LogP contribution is 2.38. The summed E-state index contributed by atoms with van der Waals surface area (Å²) in [7, 11) is 1.71. The van der Waals surface area contributed by atoms with Crippen LogP contribution < -0.4 is 0 Å². The van der Waals surface area contributed by atoms with Crippen molar-refractivity contribution in [2.45, 2.75) is 24.6 Å². The predicted molar refractivity (Wildman–Crippen MR) is 76.9 cm³/mol. The number of hydrogen-bond acceptors (Lipinski definition) is 3. The van der Waals surface area contributed by atoms with E-state index in [1.807, 2.05) is 12.1 Å². The zero-order chi connectivity index (χ0) is 16.8. The summed E-state index contributed by atoms with van der Waals surface area (Å²) in [5.74, 6) is -0.411. The first kappa shape index (κ1) is 15.8. The molecule has 1 N–H and O–H groups in total. The molecule has 1 aliphatic heterocycles. The number of benzene rings is 1. The Balaban J connectivity index is 1.82. The summed E-state index contributed by atoms with van der Waals surface area (Å²) >= 11 is 0. The number of halogens is 3. The number of aromatic nitrogens is 2. The number of amides is 1. The molecule has 1 aromatic heterocycles. The van der Waals surface area contributed by atoms with E-state index in [0.29, 0.717) is 5.39 Å². The number of alkyl halides is 3. The highest BCUT2D eigenvalue weighted by Gasteiger charge is 2.55. The van der Waals surface area contributed by atoms with Gasteiger partial charge in [-0.2, -0.15) is 18.3 Å². The Morgan fingerprint density at radius 1 is 1.26 bits per heavy atom. The molecule has 2 heterocycles. The summed E-state index contributed by atoms with van der Waals surface area (Å²) in [6, 6.07) is 7.17. The standard InChI is InChI=1S/C15H16F3N3O2/c1-20-11-5-3-2-4-10(11)12(19-20)13(22)21-8-6-14(23,7-9-21)15(16,17)18/h2-5,23H,6-9H2,1H3. The Morgan fingerprint density at radius 2 is 1.87 bits per heavy atom. The molecule has 0 radical (unpaired) electrons. The topological polar surface area (TPSA) is 58.4 Å². The first-order valence-corrected chi connectivity index (χ1v) is 7.23. The third kappa shape index (κ3) is 2.56. The average molecular weight is 327 g/mol. The zero-order valence-electron chi connectivity index (χ0n) is 12.5. The van der Waals surface area contributed by atoms with Crippen molar-refractivity contribution in [1.29, 1.82) is 0 Å². The minimum Gasteiger partial charge on any atom is -0.380 e. The second kappa shape index (κ2) is 5.23. The van der Waals surface area contributed by atoms with E-state index in [-0.39, 0.29) is 18.8 Å². The van der Waals surface area contributed by atoms with Gasteiger partial charge in [0.05, 0.1) is 5.52 Å². The fourth-order valence-electron chi connectivity index (χ4n) is 2.88. The molecule has 124 valence electrons. The predicted octanol–water partition coefficient (Wildman–Crippen LogP) is 2.10. The lowest BCUT2D eigenvalue weighted by molar-refractivity contribution is -0.271. The van der Waals surface area contributed by atoms with Gasteiger partial charge in [-0.25, -0.2) is 0 Å². The number of hydrogen-bond donors (Lipinski definition) is 1. The molecule has 0 spiro atoms. The Kier molecular flexibility index (Phi) is 3.59. The lowest BCUT2D eigenvalue weighted by Crippen LogP contribution is -2.54. The van der Waals surface area contributed by atoms with Crippen LogP contribution in [0.5, 0.6) is 0 Å².